The van der Waals surface area contributed by atoms with Crippen LogP contribution in [-0.2, 0) is 0 Å². The predicted octanol–water partition coefficient (Wildman–Crippen LogP) is 9.52. The minimum atomic E-state index is -0.896. The molecule has 0 radical (unpaired) electrons. The molecule has 2 aliphatic heterocycles. The van der Waals surface area contributed by atoms with Gasteiger partial charge in [-0.15, -0.1) is 0 Å². The molecule has 0 saturated carbocycles. The molecule has 6 rings (SSSR count). The van der Waals surface area contributed by atoms with Crippen molar-refractivity contribution in [3.8, 4) is 0 Å². The molecule has 4 heterocycles. The highest BCUT2D eigenvalue weighted by molar-refractivity contribution is 9.10. The van der Waals surface area contributed by atoms with Crippen LogP contribution in [-0.4, -0.2) is 103 Å². The van der Waals surface area contributed by atoms with Crippen LogP contribution in [0.3, 0.4) is 0 Å². The monoisotopic (exact) mass is 886 g/mol. The van der Waals surface area contributed by atoms with Gasteiger partial charge in [0.2, 0.25) is 0 Å². The Morgan fingerprint density at radius 1 is 0.582 bits per heavy atom. The van der Waals surface area contributed by atoms with E-state index in [4.69, 9.17) is 10.8 Å². The molecule has 1 amide bonds. The Morgan fingerprint density at radius 2 is 0.964 bits per heavy atom. The molecule has 0 spiro atoms. The van der Waals surface area contributed by atoms with Gasteiger partial charge in [0.05, 0.1) is 29.3 Å². The minimum absolute atomic E-state index is 0.133. The topological polar surface area (TPSA) is 131 Å². The molecule has 2 aromatic carbocycles. The van der Waals surface area contributed by atoms with Gasteiger partial charge in [0.25, 0.3) is 5.91 Å². The van der Waals surface area contributed by atoms with E-state index in [0.29, 0.717) is 16.8 Å². The second-order valence-electron chi connectivity index (χ2n) is 11.2. The van der Waals surface area contributed by atoms with Crippen LogP contribution < -0.4 is 20.9 Å². The van der Waals surface area contributed by atoms with E-state index in [2.05, 4.69) is 80.8 Å². The Labute approximate surface area is 347 Å². The van der Waals surface area contributed by atoms with E-state index in [9.17, 15) is 9.59 Å². The van der Waals surface area contributed by atoms with Crippen LogP contribution in [0.2, 0.25) is 0 Å². The highest BCUT2D eigenvalue weighted by atomic mass is 79.9. The number of carbonyl (C=O) groups is 2. The summed E-state index contributed by atoms with van der Waals surface area (Å²) in [6, 6.07) is 21.5. The molecular weight excluding hydrogens is 824 g/mol. The van der Waals surface area contributed by atoms with Gasteiger partial charge in [-0.05, 0) is 86.9 Å². The van der Waals surface area contributed by atoms with Crippen molar-refractivity contribution in [2.24, 2.45) is 0 Å². The lowest BCUT2D eigenvalue weighted by Crippen LogP contribution is -2.44. The molecule has 0 atom stereocenters. The molecule has 13 heteroatoms. The number of benzene rings is 2. The van der Waals surface area contributed by atoms with Crippen molar-refractivity contribution in [2.45, 2.75) is 55.4 Å². The quantitative estimate of drug-likeness (QED) is 0.178. The van der Waals surface area contributed by atoms with Gasteiger partial charge < -0.3 is 35.8 Å². The lowest BCUT2D eigenvalue weighted by molar-refractivity contribution is 0.0696. The van der Waals surface area contributed by atoms with E-state index in [1.807, 2.05) is 91.8 Å². The van der Waals surface area contributed by atoms with E-state index < -0.39 is 5.97 Å². The number of halogens is 2. The number of hydrogen-bond acceptors (Lipinski definition) is 9. The third-order valence-corrected chi connectivity index (χ3v) is 8.69. The van der Waals surface area contributed by atoms with Crippen LogP contribution in [0.1, 0.15) is 76.1 Å². The first-order chi connectivity index (χ1) is 26.6. The number of nitrogens with two attached hydrogens (primary N) is 1. The van der Waals surface area contributed by atoms with E-state index in [0.717, 1.165) is 78.6 Å². The maximum Gasteiger partial charge on any atom is 0.335 e. The van der Waals surface area contributed by atoms with Crippen molar-refractivity contribution < 1.29 is 14.7 Å². The SMILES string of the molecule is CC.CC.CC.CC.CN1CCN(c2ccc(N)cn2)CC1.CN1CCN(c2ccc(NC(=O)c3ccc(Br)cc3)cn2)CC1.O=C(O)c1ccc(Br)cc1. The van der Waals surface area contributed by atoms with Crippen molar-refractivity contribution in [3.63, 3.8) is 0 Å². The summed E-state index contributed by atoms with van der Waals surface area (Å²) in [7, 11) is 4.28. The van der Waals surface area contributed by atoms with Gasteiger partial charge in [-0.3, -0.25) is 4.79 Å². The number of carbonyl (C=O) groups excluding carboxylic acids is 1. The summed E-state index contributed by atoms with van der Waals surface area (Å²) in [6.45, 7) is 24.4. The first kappa shape index (κ1) is 51.0. The summed E-state index contributed by atoms with van der Waals surface area (Å²) < 4.78 is 1.84. The molecule has 2 aromatic heterocycles. The molecule has 2 aliphatic rings. The number of hydrogen-bond donors (Lipinski definition) is 3. The number of piperazine rings is 2. The van der Waals surface area contributed by atoms with Crippen LogP contribution in [0, 0.1) is 0 Å². The van der Waals surface area contributed by atoms with Crippen LogP contribution in [0.15, 0.2) is 94.1 Å². The van der Waals surface area contributed by atoms with Gasteiger partial charge in [0.15, 0.2) is 0 Å². The number of amides is 1. The largest absolute Gasteiger partial charge is 0.478 e. The number of nitrogen functional groups attached to an aromatic ring is 1. The van der Waals surface area contributed by atoms with E-state index in [-0.39, 0.29) is 5.91 Å². The molecule has 304 valence electrons. The molecule has 2 fully saturated rings. The van der Waals surface area contributed by atoms with Crippen LogP contribution >= 0.6 is 31.9 Å². The molecule has 11 nitrogen and oxygen atoms in total. The summed E-state index contributed by atoms with van der Waals surface area (Å²) in [5.74, 6) is 0.964. The number of nitrogens with zero attached hydrogens (tertiary/aromatic N) is 6. The number of carboxylic acids is 1. The number of anilines is 4. The number of aromatic nitrogens is 2. The maximum atomic E-state index is 12.2. The Bertz CT molecular complexity index is 1560. The Kier molecular flexibility index (Phi) is 28.0. The Balaban J connectivity index is 0.000000780. The smallest absolute Gasteiger partial charge is 0.335 e. The summed E-state index contributed by atoms with van der Waals surface area (Å²) in [5, 5.41) is 11.3. The summed E-state index contributed by atoms with van der Waals surface area (Å²) in [4.78, 5) is 40.4. The zero-order valence-electron chi connectivity index (χ0n) is 34.5. The first-order valence-corrected chi connectivity index (χ1v) is 20.8. The number of carboxylic acid groups (broad SMARTS) is 1. The molecule has 4 N–H and O–H groups in total. The number of nitrogens with one attached hydrogen (secondary N) is 1. The van der Waals surface area contributed by atoms with Crippen molar-refractivity contribution in [3.05, 3.63) is 105 Å². The molecule has 0 bridgehead atoms. The molecule has 4 aromatic rings. The predicted molar refractivity (Wildman–Crippen MR) is 241 cm³/mol. The third kappa shape index (κ3) is 19.9. The van der Waals surface area contributed by atoms with Crippen LogP contribution in [0.25, 0.3) is 0 Å². The van der Waals surface area contributed by atoms with Crippen molar-refractivity contribution in [1.29, 1.82) is 0 Å². The van der Waals surface area contributed by atoms with Gasteiger partial charge in [-0.2, -0.15) is 0 Å². The van der Waals surface area contributed by atoms with Crippen molar-refractivity contribution in [2.75, 3.05) is 87.3 Å². The number of likely N-dealkylation sites (N-methyl/N-ethyl adjacent to an activating group) is 2. The van der Waals surface area contributed by atoms with Crippen LogP contribution in [0.5, 0.6) is 0 Å². The Morgan fingerprint density at radius 3 is 1.31 bits per heavy atom. The van der Waals surface area contributed by atoms with Gasteiger partial charge in [0, 0.05) is 66.9 Å². The van der Waals surface area contributed by atoms with E-state index >= 15 is 0 Å². The van der Waals surface area contributed by atoms with Gasteiger partial charge in [0.1, 0.15) is 11.6 Å². The van der Waals surface area contributed by atoms with Crippen molar-refractivity contribution in [1.82, 2.24) is 19.8 Å². The van der Waals surface area contributed by atoms with Gasteiger partial charge in [-0.25, -0.2) is 14.8 Å². The van der Waals surface area contributed by atoms with Gasteiger partial charge >= 0.3 is 5.97 Å². The molecule has 0 unspecified atom stereocenters. The number of pyridine rings is 2. The molecule has 2 saturated heterocycles. The summed E-state index contributed by atoms with van der Waals surface area (Å²) in [5.41, 5.74) is 7.95. The van der Waals surface area contributed by atoms with Crippen LogP contribution in [0.4, 0.5) is 23.0 Å². The molecule has 55 heavy (non-hydrogen) atoms. The molecular formula is C42H64Br2N8O3. The fourth-order valence-corrected chi connectivity index (χ4v) is 5.23. The summed E-state index contributed by atoms with van der Waals surface area (Å²) >= 11 is 6.56. The third-order valence-electron chi connectivity index (χ3n) is 7.63. The second kappa shape index (κ2) is 30.2. The standard InChI is InChI=1S/C17H19BrN4O.C10H16N4.C7H5BrO2.4C2H6/c1-21-8-10-22(11-9-21)16-7-6-15(12-19-16)20-17(23)13-2-4-14(18)5-3-13;1-13-4-6-14(7-5-13)10-3-2-9(11)8-12-10;8-6-3-1-5(2-4-6)7(9)10;4*1-2/h2-7,12H,8-11H2,1H3,(H,20,23);2-3,8H,4-7,11H2,1H3;1-4H,(H,9,10);4*1-2H3. The maximum absolute atomic E-state index is 12.2. The van der Waals surface area contributed by atoms with Gasteiger partial charge in [-0.1, -0.05) is 87.2 Å². The van der Waals surface area contributed by atoms with Crippen molar-refractivity contribution >= 4 is 66.7 Å². The second-order valence-corrected chi connectivity index (χ2v) is 13.0. The van der Waals surface area contributed by atoms with E-state index in [1.165, 1.54) is 0 Å². The highest BCUT2D eigenvalue weighted by Crippen LogP contribution is 2.18. The average molecular weight is 889 g/mol. The lowest BCUT2D eigenvalue weighted by atomic mass is 10.2. The minimum Gasteiger partial charge on any atom is -0.478 e. The molecule has 0 aliphatic carbocycles. The number of aromatic carboxylic acids is 1. The zero-order chi connectivity index (χ0) is 41.8. The summed E-state index contributed by atoms with van der Waals surface area (Å²) in [6.07, 6.45) is 3.43. The number of rotatable bonds is 5. The average Bonchev–Trinajstić information content (AvgIpc) is 3.23. The highest BCUT2D eigenvalue weighted by Gasteiger charge is 2.16. The van der Waals surface area contributed by atoms with E-state index in [1.54, 1.807) is 48.8 Å². The lowest BCUT2D eigenvalue weighted by Gasteiger charge is -2.33. The first-order valence-electron chi connectivity index (χ1n) is 19.2. The normalized spacial score (nSPS) is 13.3. The fraction of sp³-hybridized carbons (Fsp3) is 0.429. The zero-order valence-corrected chi connectivity index (χ0v) is 37.7. The Hall–Kier alpha value is -4.04. The fourth-order valence-electron chi connectivity index (χ4n) is 4.70.